The molecule has 1 fully saturated rings. The molecule has 1 atom stereocenters. The molecule has 2 aromatic rings. The second-order valence-corrected chi connectivity index (χ2v) is 6.27. The van der Waals surface area contributed by atoms with Gasteiger partial charge < -0.3 is 9.32 Å². The van der Waals surface area contributed by atoms with Crippen molar-refractivity contribution in [2.24, 2.45) is 0 Å². The molecule has 7 nitrogen and oxygen atoms in total. The molecule has 1 amide bonds. The number of hydrogen-bond acceptors (Lipinski definition) is 5. The third-order valence-electron chi connectivity index (χ3n) is 4.60. The van der Waals surface area contributed by atoms with Gasteiger partial charge in [0.05, 0.1) is 12.8 Å². The van der Waals surface area contributed by atoms with E-state index in [9.17, 15) is 4.79 Å². The van der Waals surface area contributed by atoms with Crippen LogP contribution in [0.5, 0.6) is 0 Å². The number of carbonyl (C=O) groups is 1. The molecule has 124 valence electrons. The van der Waals surface area contributed by atoms with E-state index in [0.717, 1.165) is 43.8 Å². The second kappa shape index (κ2) is 6.52. The minimum atomic E-state index is -0.487. The van der Waals surface area contributed by atoms with Crippen LogP contribution in [0, 0.1) is 0 Å². The van der Waals surface area contributed by atoms with E-state index in [1.165, 1.54) is 0 Å². The Morgan fingerprint density at radius 2 is 2.26 bits per heavy atom. The minimum Gasteiger partial charge on any atom is -0.467 e. The summed E-state index contributed by atoms with van der Waals surface area (Å²) in [6.45, 7) is 5.45. The van der Waals surface area contributed by atoms with Gasteiger partial charge in [-0.2, -0.15) is 0 Å². The van der Waals surface area contributed by atoms with Crippen molar-refractivity contribution in [3.63, 3.8) is 0 Å². The number of nitrogens with zero attached hydrogens (tertiary/aromatic N) is 5. The van der Waals surface area contributed by atoms with E-state index in [0.29, 0.717) is 13.0 Å². The van der Waals surface area contributed by atoms with Crippen LogP contribution in [0.25, 0.3) is 0 Å². The molecule has 1 aliphatic rings. The van der Waals surface area contributed by atoms with Gasteiger partial charge in [0.25, 0.3) is 0 Å². The first-order valence-electron chi connectivity index (χ1n) is 8.24. The molecular formula is C16H23N5O2. The van der Waals surface area contributed by atoms with Crippen molar-refractivity contribution < 1.29 is 9.21 Å². The summed E-state index contributed by atoms with van der Waals surface area (Å²) in [5, 5.41) is 12.2. The highest BCUT2D eigenvalue weighted by molar-refractivity contribution is 5.79. The predicted molar refractivity (Wildman–Crippen MR) is 83.2 cm³/mol. The van der Waals surface area contributed by atoms with Gasteiger partial charge in [0.1, 0.15) is 11.3 Å². The SMILES string of the molecule is CCCCCn1nnnc1C1(C)CCC(=O)N1Cc1ccco1. The van der Waals surface area contributed by atoms with Crippen LogP contribution in [-0.2, 0) is 23.4 Å². The Balaban J connectivity index is 1.84. The van der Waals surface area contributed by atoms with Crippen LogP contribution in [-0.4, -0.2) is 31.0 Å². The van der Waals surface area contributed by atoms with Crippen LogP contribution in [0.15, 0.2) is 22.8 Å². The van der Waals surface area contributed by atoms with Crippen molar-refractivity contribution >= 4 is 5.91 Å². The largest absolute Gasteiger partial charge is 0.467 e. The van der Waals surface area contributed by atoms with Gasteiger partial charge in [0.2, 0.25) is 5.91 Å². The molecule has 1 unspecified atom stereocenters. The van der Waals surface area contributed by atoms with Crippen molar-refractivity contribution in [2.45, 2.75) is 64.6 Å². The monoisotopic (exact) mass is 317 g/mol. The molecule has 0 bridgehead atoms. The number of hydrogen-bond donors (Lipinski definition) is 0. The molecule has 0 spiro atoms. The van der Waals surface area contributed by atoms with Crippen LogP contribution in [0.2, 0.25) is 0 Å². The van der Waals surface area contributed by atoms with Crippen LogP contribution >= 0.6 is 0 Å². The van der Waals surface area contributed by atoms with Crippen molar-refractivity contribution in [2.75, 3.05) is 0 Å². The fourth-order valence-electron chi connectivity index (χ4n) is 3.20. The second-order valence-electron chi connectivity index (χ2n) is 6.27. The Morgan fingerprint density at radius 3 is 3.00 bits per heavy atom. The number of furan rings is 1. The summed E-state index contributed by atoms with van der Waals surface area (Å²) in [5.74, 6) is 1.66. The molecule has 1 saturated heterocycles. The molecule has 2 aromatic heterocycles. The maximum atomic E-state index is 12.4. The molecule has 0 aromatic carbocycles. The topological polar surface area (TPSA) is 77.1 Å². The molecule has 0 saturated carbocycles. The van der Waals surface area contributed by atoms with Gasteiger partial charge in [0, 0.05) is 13.0 Å². The van der Waals surface area contributed by atoms with E-state index in [-0.39, 0.29) is 5.91 Å². The van der Waals surface area contributed by atoms with Gasteiger partial charge in [-0.1, -0.05) is 19.8 Å². The molecular weight excluding hydrogens is 294 g/mol. The third-order valence-corrected chi connectivity index (χ3v) is 4.60. The zero-order valence-electron chi connectivity index (χ0n) is 13.7. The number of aromatic nitrogens is 4. The van der Waals surface area contributed by atoms with Gasteiger partial charge in [-0.25, -0.2) is 4.68 Å². The lowest BCUT2D eigenvalue weighted by Gasteiger charge is -2.33. The first kappa shape index (κ1) is 15.7. The summed E-state index contributed by atoms with van der Waals surface area (Å²) in [5.41, 5.74) is -0.487. The molecule has 1 aliphatic heterocycles. The number of carbonyl (C=O) groups excluding carboxylic acids is 1. The van der Waals surface area contributed by atoms with E-state index in [2.05, 4.69) is 22.4 Å². The maximum absolute atomic E-state index is 12.4. The summed E-state index contributed by atoms with van der Waals surface area (Å²) in [6, 6.07) is 3.72. The lowest BCUT2D eigenvalue weighted by atomic mass is 9.97. The van der Waals surface area contributed by atoms with E-state index in [4.69, 9.17) is 4.42 Å². The highest BCUT2D eigenvalue weighted by Gasteiger charge is 2.46. The van der Waals surface area contributed by atoms with Crippen molar-refractivity contribution in [3.8, 4) is 0 Å². The highest BCUT2D eigenvalue weighted by atomic mass is 16.3. The minimum absolute atomic E-state index is 0.118. The summed E-state index contributed by atoms with van der Waals surface area (Å²) < 4.78 is 7.26. The van der Waals surface area contributed by atoms with Gasteiger partial charge in [-0.05, 0) is 42.3 Å². The van der Waals surface area contributed by atoms with Gasteiger partial charge in [-0.3, -0.25) is 4.79 Å². The fourth-order valence-corrected chi connectivity index (χ4v) is 3.20. The smallest absolute Gasteiger partial charge is 0.223 e. The van der Waals surface area contributed by atoms with Crippen LogP contribution < -0.4 is 0 Å². The number of aryl methyl sites for hydroxylation is 1. The Bertz CT molecular complexity index is 651. The molecule has 0 aliphatic carbocycles. The number of tetrazole rings is 1. The summed E-state index contributed by atoms with van der Waals surface area (Å²) in [6.07, 6.45) is 6.20. The summed E-state index contributed by atoms with van der Waals surface area (Å²) in [4.78, 5) is 14.2. The predicted octanol–water partition coefficient (Wildman–Crippen LogP) is 2.49. The fraction of sp³-hybridized carbons (Fsp3) is 0.625. The lowest BCUT2D eigenvalue weighted by Crippen LogP contribution is -2.42. The van der Waals surface area contributed by atoms with Crippen molar-refractivity contribution in [1.29, 1.82) is 0 Å². The van der Waals surface area contributed by atoms with Crippen molar-refractivity contribution in [3.05, 3.63) is 30.0 Å². The zero-order valence-corrected chi connectivity index (χ0v) is 13.7. The van der Waals surface area contributed by atoms with Gasteiger partial charge >= 0.3 is 0 Å². The molecule has 3 rings (SSSR count). The molecule has 3 heterocycles. The molecule has 7 heteroatoms. The van der Waals surface area contributed by atoms with E-state index in [1.54, 1.807) is 6.26 Å². The summed E-state index contributed by atoms with van der Waals surface area (Å²) >= 11 is 0. The Morgan fingerprint density at radius 1 is 1.39 bits per heavy atom. The van der Waals surface area contributed by atoms with E-state index in [1.807, 2.05) is 28.6 Å². The van der Waals surface area contributed by atoms with Crippen LogP contribution in [0.4, 0.5) is 0 Å². The maximum Gasteiger partial charge on any atom is 0.223 e. The van der Waals surface area contributed by atoms with Gasteiger partial charge in [0.15, 0.2) is 5.82 Å². The zero-order chi connectivity index (χ0) is 16.3. The standard InChI is InChI=1S/C16H23N5O2/c1-3-4-5-10-21-15(17-18-19-21)16(2)9-8-14(22)20(16)12-13-7-6-11-23-13/h6-7,11H,3-5,8-10,12H2,1-2H3. The third kappa shape index (κ3) is 3.00. The first-order valence-corrected chi connectivity index (χ1v) is 8.24. The van der Waals surface area contributed by atoms with E-state index < -0.39 is 5.54 Å². The lowest BCUT2D eigenvalue weighted by molar-refractivity contribution is -0.132. The Labute approximate surface area is 135 Å². The molecule has 23 heavy (non-hydrogen) atoms. The number of unbranched alkanes of at least 4 members (excludes halogenated alkanes) is 2. The van der Waals surface area contributed by atoms with Crippen molar-refractivity contribution in [1.82, 2.24) is 25.1 Å². The number of amides is 1. The average molecular weight is 317 g/mol. The number of rotatable bonds is 7. The molecule has 0 radical (unpaired) electrons. The first-order chi connectivity index (χ1) is 11.1. The Kier molecular flexibility index (Phi) is 4.45. The normalized spacial score (nSPS) is 21.3. The summed E-state index contributed by atoms with van der Waals surface area (Å²) in [7, 11) is 0. The highest BCUT2D eigenvalue weighted by Crippen LogP contribution is 2.39. The van der Waals surface area contributed by atoms with Crippen LogP contribution in [0.3, 0.4) is 0 Å². The molecule has 0 N–H and O–H groups in total. The average Bonchev–Trinajstić information content (AvgIpc) is 3.26. The number of likely N-dealkylation sites (tertiary alicyclic amines) is 1. The van der Waals surface area contributed by atoms with E-state index >= 15 is 0 Å². The quantitative estimate of drug-likeness (QED) is 0.733. The van der Waals surface area contributed by atoms with Gasteiger partial charge in [-0.15, -0.1) is 5.10 Å². The Hall–Kier alpha value is -2.18. The van der Waals surface area contributed by atoms with Crippen LogP contribution in [0.1, 0.15) is 57.5 Å².